The Hall–Kier alpha value is -3.31. The molecule has 3 aromatic rings. The van der Waals surface area contributed by atoms with Crippen molar-refractivity contribution in [1.82, 2.24) is 14.3 Å². The fourth-order valence-corrected chi connectivity index (χ4v) is 5.59. The summed E-state index contributed by atoms with van der Waals surface area (Å²) in [4.78, 5) is 17.1. The third kappa shape index (κ3) is 5.56. The first kappa shape index (κ1) is 28.7. The number of benzene rings is 1. The second-order valence-electron chi connectivity index (χ2n) is 9.15. The number of aryl methyl sites for hydroxylation is 1. The van der Waals surface area contributed by atoms with E-state index in [1.807, 2.05) is 6.92 Å². The van der Waals surface area contributed by atoms with Crippen LogP contribution in [0.4, 0.5) is 17.6 Å². The Labute approximate surface area is 229 Å². The molecule has 0 radical (unpaired) electrons. The summed E-state index contributed by atoms with van der Waals surface area (Å²) in [6.07, 6.45) is 6.17. The second kappa shape index (κ2) is 11.4. The van der Waals surface area contributed by atoms with Gasteiger partial charge in [-0.2, -0.15) is 13.9 Å². The van der Waals surface area contributed by atoms with Crippen LogP contribution in [-0.2, 0) is 10.8 Å². The molecule has 1 aromatic carbocycles. The van der Waals surface area contributed by atoms with E-state index < -0.39 is 40.3 Å². The summed E-state index contributed by atoms with van der Waals surface area (Å²) in [6.45, 7) is 2.38. The molecule has 12 heteroatoms. The van der Waals surface area contributed by atoms with Crippen LogP contribution in [0.1, 0.15) is 54.7 Å². The number of allylic oxidation sites excluding steroid dienone is 2. The van der Waals surface area contributed by atoms with Gasteiger partial charge in [0.05, 0.1) is 27.6 Å². The van der Waals surface area contributed by atoms with Gasteiger partial charge in [0.25, 0.3) is 5.56 Å². The fraction of sp³-hybridized carbons (Fsp3) is 0.296. The van der Waals surface area contributed by atoms with Gasteiger partial charge in [0.2, 0.25) is 0 Å². The van der Waals surface area contributed by atoms with Gasteiger partial charge in [-0.3, -0.25) is 18.6 Å². The van der Waals surface area contributed by atoms with Gasteiger partial charge in [0, 0.05) is 35.8 Å². The van der Waals surface area contributed by atoms with E-state index in [1.165, 1.54) is 49.0 Å². The third-order valence-electron chi connectivity index (χ3n) is 6.66. The molecule has 1 fully saturated rings. The largest absolute Gasteiger partial charge is 0.333 e. The predicted octanol–water partition coefficient (Wildman–Crippen LogP) is 6.59. The van der Waals surface area contributed by atoms with E-state index in [9.17, 15) is 17.8 Å². The van der Waals surface area contributed by atoms with E-state index in [2.05, 4.69) is 10.1 Å². The molecule has 4 unspecified atom stereocenters. The molecule has 39 heavy (non-hydrogen) atoms. The van der Waals surface area contributed by atoms with E-state index in [1.54, 1.807) is 19.9 Å². The van der Waals surface area contributed by atoms with Crippen LogP contribution >= 0.6 is 11.6 Å². The zero-order valence-corrected chi connectivity index (χ0v) is 23.0. The maximum Gasteiger partial charge on any atom is 0.333 e. The first-order valence-corrected chi connectivity index (χ1v) is 13.8. The molecule has 0 N–H and O–H groups in total. The molecule has 6 nitrogen and oxygen atoms in total. The number of pyridine rings is 1. The Kier molecular flexibility index (Phi) is 8.41. The molecule has 2 heterocycles. The van der Waals surface area contributed by atoms with Gasteiger partial charge < -0.3 is 0 Å². The van der Waals surface area contributed by atoms with Crippen molar-refractivity contribution in [2.45, 2.75) is 44.1 Å². The van der Waals surface area contributed by atoms with Crippen LogP contribution in [-0.4, -0.2) is 30.5 Å². The van der Waals surface area contributed by atoms with E-state index in [4.69, 9.17) is 11.6 Å². The minimum Gasteiger partial charge on any atom is -0.284 e. The van der Waals surface area contributed by atoms with E-state index >= 15 is 8.78 Å². The van der Waals surface area contributed by atoms with Crippen molar-refractivity contribution < 1.29 is 21.8 Å². The molecule has 1 aliphatic carbocycles. The minimum atomic E-state index is -2.76. The summed E-state index contributed by atoms with van der Waals surface area (Å²) in [7, 11) is -1.66. The Balaban J connectivity index is 1.74. The summed E-state index contributed by atoms with van der Waals surface area (Å²) >= 11 is 6.46. The zero-order valence-electron chi connectivity index (χ0n) is 21.4. The number of hydrogen-bond donors (Lipinski definition) is 0. The van der Waals surface area contributed by atoms with E-state index in [0.717, 1.165) is 10.8 Å². The summed E-state index contributed by atoms with van der Waals surface area (Å²) in [6, 6.07) is 7.23. The van der Waals surface area contributed by atoms with Crippen molar-refractivity contribution in [2.24, 2.45) is 10.9 Å². The fourth-order valence-electron chi connectivity index (χ4n) is 4.68. The first-order valence-electron chi connectivity index (χ1n) is 11.9. The maximum atomic E-state index is 15.6. The summed E-state index contributed by atoms with van der Waals surface area (Å²) in [5, 5.41) is 3.80. The number of nitrogens with zero attached hydrogens (tertiary/aromatic N) is 4. The lowest BCUT2D eigenvalue weighted by atomic mass is 10.1. The molecule has 206 valence electrons. The zero-order chi connectivity index (χ0) is 28.6. The molecule has 2 aromatic heterocycles. The lowest BCUT2D eigenvalue weighted by Crippen LogP contribution is -2.21. The molecule has 1 aliphatic rings. The standard InChI is InChI=1S/C27H25ClF4N4O2S/c1-5-10-33-25(16-7-6-8-20(24(16)30)39(4)38)18(29)13-35-14(2)12-17(23(28)26(35)37)21-15(3)22(21)19-9-11-36(34-19)27(31)32/h5-13,15,21-22,27H,1-4H3/b10-5+,18-13-,33-25+. The summed E-state index contributed by atoms with van der Waals surface area (Å²) in [5.74, 6) is -2.35. The Morgan fingerprint density at radius 3 is 2.59 bits per heavy atom. The molecular weight excluding hydrogens is 556 g/mol. The van der Waals surface area contributed by atoms with Gasteiger partial charge >= 0.3 is 6.55 Å². The van der Waals surface area contributed by atoms with Crippen molar-refractivity contribution in [3.8, 4) is 0 Å². The van der Waals surface area contributed by atoms with Crippen LogP contribution < -0.4 is 5.56 Å². The lowest BCUT2D eigenvalue weighted by molar-refractivity contribution is 0.0561. The molecule has 0 amide bonds. The van der Waals surface area contributed by atoms with Crippen LogP contribution in [0.25, 0.3) is 6.20 Å². The van der Waals surface area contributed by atoms with Crippen molar-refractivity contribution in [3.05, 3.63) is 98.3 Å². The van der Waals surface area contributed by atoms with Crippen LogP contribution in [0.2, 0.25) is 5.02 Å². The highest BCUT2D eigenvalue weighted by atomic mass is 35.5. The number of rotatable bonds is 8. The normalized spacial score (nSPS) is 20.7. The van der Waals surface area contributed by atoms with Crippen LogP contribution in [0, 0.1) is 18.7 Å². The maximum absolute atomic E-state index is 15.6. The molecule has 0 spiro atoms. The molecule has 0 saturated heterocycles. The van der Waals surface area contributed by atoms with Gasteiger partial charge in [-0.05, 0) is 55.5 Å². The van der Waals surface area contributed by atoms with Gasteiger partial charge in [-0.25, -0.2) is 13.5 Å². The average molecular weight is 581 g/mol. The number of aliphatic imine (C=N–C) groups is 1. The minimum absolute atomic E-state index is 0.00983. The van der Waals surface area contributed by atoms with Crippen molar-refractivity contribution in [2.75, 3.05) is 6.26 Å². The molecular formula is C27H25ClF4N4O2S. The van der Waals surface area contributed by atoms with Gasteiger partial charge in [-0.15, -0.1) is 0 Å². The molecule has 1 saturated carbocycles. The number of hydrogen-bond acceptors (Lipinski definition) is 4. The smallest absolute Gasteiger partial charge is 0.284 e. The van der Waals surface area contributed by atoms with Gasteiger partial charge in [-0.1, -0.05) is 30.7 Å². The average Bonchev–Trinajstić information content (AvgIpc) is 3.30. The predicted molar refractivity (Wildman–Crippen MR) is 144 cm³/mol. The number of alkyl halides is 2. The highest BCUT2D eigenvalue weighted by molar-refractivity contribution is 7.84. The van der Waals surface area contributed by atoms with Gasteiger partial charge in [0.15, 0.2) is 5.83 Å². The van der Waals surface area contributed by atoms with Crippen molar-refractivity contribution >= 4 is 34.3 Å². The number of aromatic nitrogens is 3. The highest BCUT2D eigenvalue weighted by Gasteiger charge is 2.51. The van der Waals surface area contributed by atoms with Crippen LogP contribution in [0.15, 0.2) is 69.3 Å². The van der Waals surface area contributed by atoms with E-state index in [-0.39, 0.29) is 33.2 Å². The van der Waals surface area contributed by atoms with Crippen LogP contribution in [0.3, 0.4) is 0 Å². The Morgan fingerprint density at radius 2 is 1.97 bits per heavy atom. The number of halogens is 5. The second-order valence-corrected chi connectivity index (χ2v) is 10.9. The lowest BCUT2D eigenvalue weighted by Gasteiger charge is -2.12. The summed E-state index contributed by atoms with van der Waals surface area (Å²) in [5.41, 5.74) is 0.0154. The van der Waals surface area contributed by atoms with Crippen LogP contribution in [0.5, 0.6) is 0 Å². The van der Waals surface area contributed by atoms with Crippen molar-refractivity contribution in [1.29, 1.82) is 0 Å². The quantitative estimate of drug-likeness (QED) is 0.223. The van der Waals surface area contributed by atoms with Gasteiger partial charge in [0.1, 0.15) is 16.6 Å². The molecule has 4 rings (SSSR count). The SMILES string of the molecule is C/C=C/N=C(/C(F)=C/n1c(C)cc(C2C(C)C2c2ccn(C(F)F)n2)c(Cl)c1=O)c1cccc(S(C)=O)c1F. The Morgan fingerprint density at radius 1 is 1.26 bits per heavy atom. The molecule has 0 bridgehead atoms. The van der Waals surface area contributed by atoms with E-state index in [0.29, 0.717) is 21.6 Å². The highest BCUT2D eigenvalue weighted by Crippen LogP contribution is 2.60. The Bertz CT molecular complexity index is 1590. The van der Waals surface area contributed by atoms with Crippen molar-refractivity contribution in [3.63, 3.8) is 0 Å². The first-order chi connectivity index (χ1) is 18.5. The topological polar surface area (TPSA) is 69.2 Å². The summed E-state index contributed by atoms with van der Waals surface area (Å²) < 4.78 is 70.1. The molecule has 4 atom stereocenters. The monoisotopic (exact) mass is 580 g/mol. The molecule has 0 aliphatic heterocycles. The third-order valence-corrected chi connectivity index (χ3v) is 7.98.